The predicted octanol–water partition coefficient (Wildman–Crippen LogP) is 8.20. The van der Waals surface area contributed by atoms with Crippen molar-refractivity contribution in [2.45, 2.75) is 106 Å². The molecule has 13 heteroatoms. The summed E-state index contributed by atoms with van der Waals surface area (Å²) in [5, 5.41) is 66.0. The van der Waals surface area contributed by atoms with Crippen molar-refractivity contribution >= 4 is 10.8 Å². The average Bonchev–Trinajstić information content (AvgIpc) is 3.99. The Morgan fingerprint density at radius 3 is 2.54 bits per heavy atom. The van der Waals surface area contributed by atoms with E-state index in [0.717, 1.165) is 78.1 Å². The standard InChI is InChI=1S/C58H64N2O11/c1-66-19-6-12-49-52(48-31-68-54-34(25-42(27-46(54)53(48)65)69-41-10-2-3-11-41)21-33-24-39(63)14-16-43(33)32-7-4-9-38(62)23-32)56-47-28-50(45-26-40(64)15-17-44(45)55(47)70-49)67-20-5-8-37-29-59-51-18-13-36-22-35(30-61)57(71-56)58(36,37)60-51/h4,7,9,14-17,23-28,35-37,41,48-49,51-53,56-57,59-65H,2-3,6,10-13,18-22,29-31H2,1H3. The van der Waals surface area contributed by atoms with E-state index < -0.39 is 41.8 Å². The molecule has 4 fully saturated rings. The largest absolute Gasteiger partial charge is 0.508 e. The Balaban J connectivity index is 1.01. The van der Waals surface area contributed by atoms with Crippen LogP contribution in [0, 0.1) is 41.4 Å². The maximum absolute atomic E-state index is 13.3. The Labute approximate surface area is 414 Å². The molecule has 372 valence electrons. The Morgan fingerprint density at radius 2 is 1.69 bits per heavy atom. The lowest BCUT2D eigenvalue weighted by atomic mass is 9.67. The highest BCUT2D eigenvalue weighted by Crippen LogP contribution is 2.59. The molecular formula is C58H64N2O11. The number of phenolic OH excluding ortho intramolecular Hbond substituents is 3. The fourth-order valence-corrected chi connectivity index (χ4v) is 13.8. The zero-order valence-electron chi connectivity index (χ0n) is 40.1. The van der Waals surface area contributed by atoms with Gasteiger partial charge in [0, 0.05) is 78.5 Å². The van der Waals surface area contributed by atoms with Crippen LogP contribution < -0.4 is 29.6 Å². The molecule has 0 amide bonds. The molecule has 7 N–H and O–H groups in total. The second kappa shape index (κ2) is 19.0. The smallest absolute Gasteiger partial charge is 0.149 e. The number of aliphatic hydroxyl groups excluding tert-OH is 2. The molecule has 0 radical (unpaired) electrons. The number of methoxy groups -OCH3 is 1. The summed E-state index contributed by atoms with van der Waals surface area (Å²) in [6, 6.07) is 23.5. The van der Waals surface area contributed by atoms with E-state index in [9.17, 15) is 25.5 Å². The van der Waals surface area contributed by atoms with Gasteiger partial charge in [-0.1, -0.05) is 30.0 Å². The summed E-state index contributed by atoms with van der Waals surface area (Å²) in [5.41, 5.74) is 4.09. The van der Waals surface area contributed by atoms with E-state index in [1.165, 1.54) is 0 Å². The monoisotopic (exact) mass is 964 g/mol. The minimum Gasteiger partial charge on any atom is -0.508 e. The van der Waals surface area contributed by atoms with Crippen LogP contribution in [0.25, 0.3) is 21.9 Å². The zero-order valence-corrected chi connectivity index (χ0v) is 40.1. The molecule has 5 aromatic rings. The van der Waals surface area contributed by atoms with Crippen molar-refractivity contribution in [3.05, 3.63) is 101 Å². The third-order valence-corrected chi connectivity index (χ3v) is 16.9. The highest BCUT2D eigenvalue weighted by atomic mass is 16.5. The normalized spacial score (nSPS) is 30.6. The molecule has 11 atom stereocenters. The summed E-state index contributed by atoms with van der Waals surface area (Å²) in [5.74, 6) is 8.56. The Hall–Kier alpha value is -5.72. The van der Waals surface area contributed by atoms with Gasteiger partial charge in [0.25, 0.3) is 0 Å². The molecule has 5 aromatic carbocycles. The molecule has 12 rings (SSSR count). The van der Waals surface area contributed by atoms with E-state index in [1.807, 2.05) is 36.4 Å². The number of benzene rings is 5. The van der Waals surface area contributed by atoms with Crippen molar-refractivity contribution in [1.29, 1.82) is 0 Å². The Kier molecular flexibility index (Phi) is 12.4. The van der Waals surface area contributed by atoms with Crippen LogP contribution in [0.3, 0.4) is 0 Å². The lowest BCUT2D eigenvalue weighted by Gasteiger charge is -2.56. The van der Waals surface area contributed by atoms with Crippen molar-refractivity contribution in [3.63, 3.8) is 0 Å². The first kappa shape index (κ1) is 46.4. The number of aromatic hydroxyl groups is 3. The van der Waals surface area contributed by atoms with Crippen LogP contribution in [0.1, 0.15) is 92.2 Å². The molecule has 1 spiro atoms. The van der Waals surface area contributed by atoms with E-state index in [0.29, 0.717) is 66.4 Å². The summed E-state index contributed by atoms with van der Waals surface area (Å²) in [7, 11) is 1.70. The Morgan fingerprint density at radius 1 is 0.845 bits per heavy atom. The molecule has 2 aliphatic carbocycles. The van der Waals surface area contributed by atoms with Crippen LogP contribution in [0.15, 0.2) is 78.9 Å². The average molecular weight is 965 g/mol. The molecule has 5 aliphatic heterocycles. The minimum absolute atomic E-state index is 0.0405. The number of rotatable bonds is 11. The number of hydrogen-bond acceptors (Lipinski definition) is 13. The molecule has 13 nitrogen and oxygen atoms in total. The van der Waals surface area contributed by atoms with Crippen LogP contribution in [0.2, 0.25) is 0 Å². The topological polar surface area (TPSA) is 181 Å². The van der Waals surface area contributed by atoms with Crippen LogP contribution in [0.5, 0.6) is 40.2 Å². The van der Waals surface area contributed by atoms with E-state index in [-0.39, 0.29) is 67.1 Å². The number of phenols is 3. The molecular weight excluding hydrogens is 901 g/mol. The van der Waals surface area contributed by atoms with E-state index >= 15 is 0 Å². The lowest BCUT2D eigenvalue weighted by molar-refractivity contribution is -0.170. The van der Waals surface area contributed by atoms with Gasteiger partial charge < -0.3 is 59.3 Å². The zero-order chi connectivity index (χ0) is 48.4. The van der Waals surface area contributed by atoms with Crippen LogP contribution in [0.4, 0.5) is 0 Å². The Bertz CT molecular complexity index is 2870. The quantitative estimate of drug-likeness (QED) is 0.0498. The van der Waals surface area contributed by atoms with Crippen molar-refractivity contribution in [2.24, 2.45) is 29.6 Å². The molecule has 7 aliphatic rings. The summed E-state index contributed by atoms with van der Waals surface area (Å²) < 4.78 is 41.3. The van der Waals surface area contributed by atoms with Gasteiger partial charge in [-0.2, -0.15) is 0 Å². The maximum Gasteiger partial charge on any atom is 0.149 e. The fourth-order valence-electron chi connectivity index (χ4n) is 13.8. The van der Waals surface area contributed by atoms with Gasteiger partial charge in [-0.15, -0.1) is 0 Å². The lowest BCUT2D eigenvalue weighted by Crippen LogP contribution is -2.74. The van der Waals surface area contributed by atoms with Gasteiger partial charge >= 0.3 is 0 Å². The highest BCUT2D eigenvalue weighted by Gasteiger charge is 2.64. The number of nitrogens with one attached hydrogen (secondary N) is 2. The van der Waals surface area contributed by atoms with Crippen LogP contribution >= 0.6 is 0 Å². The van der Waals surface area contributed by atoms with Gasteiger partial charge in [0.1, 0.15) is 53.0 Å². The molecule has 2 saturated heterocycles. The van der Waals surface area contributed by atoms with Gasteiger partial charge in [-0.3, -0.25) is 5.32 Å². The van der Waals surface area contributed by atoms with E-state index in [1.54, 1.807) is 49.6 Å². The molecule has 2 saturated carbocycles. The van der Waals surface area contributed by atoms with Crippen molar-refractivity contribution in [1.82, 2.24) is 10.6 Å². The third-order valence-electron chi connectivity index (χ3n) is 16.9. The minimum atomic E-state index is -1.06. The maximum atomic E-state index is 13.3. The molecule has 0 aromatic heterocycles. The molecule has 11 unspecified atom stereocenters. The fraction of sp³-hybridized carbons (Fsp3) is 0.483. The van der Waals surface area contributed by atoms with Crippen LogP contribution in [-0.2, 0) is 15.9 Å². The second-order valence-electron chi connectivity index (χ2n) is 21.0. The van der Waals surface area contributed by atoms with Crippen LogP contribution in [-0.4, -0.2) is 95.6 Å². The highest BCUT2D eigenvalue weighted by molar-refractivity contribution is 5.96. The number of hydrogen-bond donors (Lipinski definition) is 7. The van der Waals surface area contributed by atoms with Gasteiger partial charge in [0.15, 0.2) is 0 Å². The predicted molar refractivity (Wildman–Crippen MR) is 266 cm³/mol. The number of fused-ring (bicyclic) bond motifs is 6. The first-order chi connectivity index (χ1) is 34.7. The molecule has 5 heterocycles. The second-order valence-corrected chi connectivity index (χ2v) is 21.0. The summed E-state index contributed by atoms with van der Waals surface area (Å²) in [6.07, 6.45) is 5.84. The van der Waals surface area contributed by atoms with Gasteiger partial charge in [-0.25, -0.2) is 0 Å². The SMILES string of the molecule is COCCCC1Oc2c3cc(c4cc(O)ccc24)OCC#CC2CNC4CCC5CC(CO)C(OC3C1C1COc3c(Cc6cc(O)ccc6-c6cccc(O)c6)cc(OC6CCCC6)cc3C1O)C25N4. The number of ether oxygens (including phenoxy) is 6. The van der Waals surface area contributed by atoms with Gasteiger partial charge in [-0.05, 0) is 141 Å². The van der Waals surface area contributed by atoms with E-state index in [2.05, 4.69) is 22.5 Å². The molecule has 4 bridgehead atoms. The van der Waals surface area contributed by atoms with Gasteiger partial charge in [0.2, 0.25) is 0 Å². The first-order valence-electron chi connectivity index (χ1n) is 25.8. The first-order valence-corrected chi connectivity index (χ1v) is 25.8. The van der Waals surface area contributed by atoms with E-state index in [4.69, 9.17) is 28.4 Å². The van der Waals surface area contributed by atoms with Crippen molar-refractivity contribution in [3.8, 4) is 63.2 Å². The third kappa shape index (κ3) is 8.30. The number of aliphatic hydroxyl groups is 2. The number of piperidine rings is 1. The van der Waals surface area contributed by atoms with Crippen molar-refractivity contribution in [2.75, 3.05) is 40.1 Å². The molecule has 71 heavy (non-hydrogen) atoms. The summed E-state index contributed by atoms with van der Waals surface area (Å²) in [4.78, 5) is 0. The summed E-state index contributed by atoms with van der Waals surface area (Å²) >= 11 is 0. The van der Waals surface area contributed by atoms with Gasteiger partial charge in [0.05, 0.1) is 48.6 Å². The van der Waals surface area contributed by atoms with Crippen molar-refractivity contribution < 1.29 is 54.0 Å². The summed E-state index contributed by atoms with van der Waals surface area (Å²) in [6.45, 7) is 1.39.